The van der Waals surface area contributed by atoms with Crippen molar-refractivity contribution in [2.75, 3.05) is 6.54 Å². The number of H-pyrrole nitrogens is 1. The van der Waals surface area contributed by atoms with Crippen LogP contribution in [-0.2, 0) is 24.2 Å². The van der Waals surface area contributed by atoms with Gasteiger partial charge in [0.05, 0.1) is 0 Å². The summed E-state index contributed by atoms with van der Waals surface area (Å²) in [5, 5.41) is 20.3. The minimum atomic E-state index is -0.577. The molecule has 1 heterocycles. The van der Waals surface area contributed by atoms with Crippen molar-refractivity contribution in [1.82, 2.24) is 15.4 Å². The van der Waals surface area contributed by atoms with Gasteiger partial charge in [-0.05, 0) is 71.9 Å². The Balaban J connectivity index is 1.42. The molecule has 1 aromatic heterocycles. The van der Waals surface area contributed by atoms with Crippen molar-refractivity contribution in [1.29, 1.82) is 0 Å². The lowest BCUT2D eigenvalue weighted by atomic mass is 10.0. The summed E-state index contributed by atoms with van der Waals surface area (Å²) < 4.78 is 14.0. The van der Waals surface area contributed by atoms with Gasteiger partial charge in [0.25, 0.3) is 5.91 Å². The average molecular weight is 486 g/mol. The van der Waals surface area contributed by atoms with E-state index in [0.29, 0.717) is 12.1 Å². The Morgan fingerprint density at radius 2 is 2.00 bits per heavy atom. The molecule has 0 spiro atoms. The number of aromatic amines is 1. The van der Waals surface area contributed by atoms with Gasteiger partial charge in [0.15, 0.2) is 0 Å². The molecule has 1 aliphatic carbocycles. The molecule has 5 rings (SSSR count). The number of aryl methyl sites for hydroxylation is 1. The van der Waals surface area contributed by atoms with Crippen LogP contribution < -0.4 is 5.48 Å². The molecule has 36 heavy (non-hydrogen) atoms. The van der Waals surface area contributed by atoms with E-state index in [0.717, 1.165) is 36.9 Å². The molecule has 6 nitrogen and oxygen atoms in total. The van der Waals surface area contributed by atoms with Gasteiger partial charge >= 0.3 is 0 Å². The Labute approximate surface area is 208 Å². The van der Waals surface area contributed by atoms with Crippen molar-refractivity contribution >= 4 is 22.9 Å². The summed E-state index contributed by atoms with van der Waals surface area (Å²) in [6, 6.07) is 18.5. The molecular weight excluding hydrogens is 457 g/mol. The van der Waals surface area contributed by atoms with Crippen LogP contribution in [0.1, 0.15) is 40.3 Å². The first-order valence-electron chi connectivity index (χ1n) is 12.0. The van der Waals surface area contributed by atoms with Crippen LogP contribution >= 0.6 is 0 Å². The fraction of sp³-hybridized carbons (Fsp3) is 0.207. The lowest BCUT2D eigenvalue weighted by molar-refractivity contribution is -0.124. The zero-order valence-corrected chi connectivity index (χ0v) is 19.7. The monoisotopic (exact) mass is 485 g/mol. The number of carbonyl (C=O) groups is 1. The van der Waals surface area contributed by atoms with Gasteiger partial charge in [-0.25, -0.2) is 9.87 Å². The van der Waals surface area contributed by atoms with Gasteiger partial charge in [-0.3, -0.25) is 14.9 Å². The Bertz CT molecular complexity index is 1430. The Morgan fingerprint density at radius 1 is 1.14 bits per heavy atom. The van der Waals surface area contributed by atoms with Gasteiger partial charge in [0.1, 0.15) is 11.6 Å². The highest BCUT2D eigenvalue weighted by molar-refractivity contribution is 5.90. The summed E-state index contributed by atoms with van der Waals surface area (Å²) in [5.74, 6) is -0.851. The van der Waals surface area contributed by atoms with Crippen LogP contribution in [0.25, 0.3) is 17.0 Å². The first-order chi connectivity index (χ1) is 17.5. The number of halogens is 1. The molecule has 0 saturated heterocycles. The summed E-state index contributed by atoms with van der Waals surface area (Å²) in [6.45, 7) is 1.16. The maximum Gasteiger partial charge on any atom is 0.267 e. The van der Waals surface area contributed by atoms with E-state index in [1.54, 1.807) is 11.6 Å². The van der Waals surface area contributed by atoms with Crippen LogP contribution in [-0.4, -0.2) is 32.6 Å². The van der Waals surface area contributed by atoms with Crippen LogP contribution in [0.2, 0.25) is 0 Å². The van der Waals surface area contributed by atoms with E-state index in [1.165, 1.54) is 46.4 Å². The van der Waals surface area contributed by atoms with Gasteiger partial charge in [0.2, 0.25) is 0 Å². The number of aromatic nitrogens is 1. The van der Waals surface area contributed by atoms with Crippen molar-refractivity contribution in [3.8, 4) is 5.75 Å². The highest BCUT2D eigenvalue weighted by atomic mass is 19.1. The molecule has 0 saturated carbocycles. The van der Waals surface area contributed by atoms with E-state index in [-0.39, 0.29) is 17.6 Å². The molecule has 0 bridgehead atoms. The Kier molecular flexibility index (Phi) is 6.84. The van der Waals surface area contributed by atoms with E-state index in [2.05, 4.69) is 34.1 Å². The van der Waals surface area contributed by atoms with Crippen molar-refractivity contribution in [3.05, 3.63) is 107 Å². The van der Waals surface area contributed by atoms with E-state index in [9.17, 15) is 14.3 Å². The predicted octanol–water partition coefficient (Wildman–Crippen LogP) is 5.26. The van der Waals surface area contributed by atoms with E-state index >= 15 is 0 Å². The molecular formula is C29H28FN3O3. The van der Waals surface area contributed by atoms with Crippen LogP contribution in [0.15, 0.2) is 72.9 Å². The molecule has 1 aliphatic rings. The smallest absolute Gasteiger partial charge is 0.267 e. The van der Waals surface area contributed by atoms with Gasteiger partial charge in [-0.1, -0.05) is 36.4 Å². The van der Waals surface area contributed by atoms with Crippen molar-refractivity contribution in [2.45, 2.75) is 31.8 Å². The summed E-state index contributed by atoms with van der Waals surface area (Å²) in [6.07, 6.45) is 7.60. The SMILES string of the molecule is O=C(/C=C/c1ccc2c(c1)CCC2N(CCc1c[nH]c2ccccc12)Cc1cc(F)ccc1O)NO. The third-order valence-electron chi connectivity index (χ3n) is 6.95. The minimum absolute atomic E-state index is 0.0920. The fourth-order valence-electron chi connectivity index (χ4n) is 5.15. The first-order valence-corrected chi connectivity index (χ1v) is 12.0. The average Bonchev–Trinajstić information content (AvgIpc) is 3.51. The van der Waals surface area contributed by atoms with Crippen LogP contribution in [0.4, 0.5) is 4.39 Å². The molecule has 0 aliphatic heterocycles. The first kappa shape index (κ1) is 23.8. The van der Waals surface area contributed by atoms with Crippen molar-refractivity contribution in [3.63, 3.8) is 0 Å². The number of fused-ring (bicyclic) bond motifs is 2. The zero-order chi connectivity index (χ0) is 25.1. The number of hydrogen-bond donors (Lipinski definition) is 4. The Hall–Kier alpha value is -3.94. The molecule has 1 amide bonds. The summed E-state index contributed by atoms with van der Waals surface area (Å²) in [4.78, 5) is 17.0. The molecule has 3 aromatic carbocycles. The fourth-order valence-corrected chi connectivity index (χ4v) is 5.15. The number of phenols is 1. The number of amides is 1. The van der Waals surface area contributed by atoms with Gasteiger partial charge < -0.3 is 10.1 Å². The van der Waals surface area contributed by atoms with E-state index < -0.39 is 5.91 Å². The molecule has 4 aromatic rings. The normalized spacial score (nSPS) is 15.1. The Morgan fingerprint density at radius 3 is 2.86 bits per heavy atom. The summed E-state index contributed by atoms with van der Waals surface area (Å²) >= 11 is 0. The van der Waals surface area contributed by atoms with Crippen LogP contribution in [0.3, 0.4) is 0 Å². The highest BCUT2D eigenvalue weighted by Crippen LogP contribution is 2.38. The molecule has 0 fully saturated rings. The number of hydrogen-bond acceptors (Lipinski definition) is 4. The summed E-state index contributed by atoms with van der Waals surface area (Å²) in [7, 11) is 0. The van der Waals surface area contributed by atoms with Gasteiger partial charge in [0, 0.05) is 47.9 Å². The number of nitrogens with zero attached hydrogens (tertiary/aromatic N) is 1. The third kappa shape index (κ3) is 5.03. The van der Waals surface area contributed by atoms with Crippen LogP contribution in [0, 0.1) is 5.82 Å². The maximum atomic E-state index is 14.0. The standard InChI is InChI=1S/C29H28FN3O3/c30-23-8-11-28(34)22(16-23)18-33(14-13-21-17-31-26-4-2-1-3-24(21)26)27-10-7-20-15-19(5-9-25(20)27)6-12-29(35)32-36/h1-6,8-9,11-12,15-17,27,31,34,36H,7,10,13-14,18H2,(H,32,35)/b12-6+. The van der Waals surface area contributed by atoms with Crippen LogP contribution in [0.5, 0.6) is 5.75 Å². The second kappa shape index (κ2) is 10.4. The number of phenolic OH excluding ortho intramolecular Hbond substituents is 1. The molecule has 4 N–H and O–H groups in total. The minimum Gasteiger partial charge on any atom is -0.508 e. The second-order valence-corrected chi connectivity index (χ2v) is 9.18. The number of aromatic hydroxyl groups is 1. The molecule has 1 unspecified atom stereocenters. The number of hydroxylamine groups is 1. The zero-order valence-electron chi connectivity index (χ0n) is 19.7. The quantitative estimate of drug-likeness (QED) is 0.156. The number of benzene rings is 3. The second-order valence-electron chi connectivity index (χ2n) is 9.18. The van der Waals surface area contributed by atoms with Gasteiger partial charge in [-0.15, -0.1) is 0 Å². The maximum absolute atomic E-state index is 14.0. The molecule has 1 atom stereocenters. The largest absolute Gasteiger partial charge is 0.508 e. The number of nitrogens with one attached hydrogen (secondary N) is 2. The van der Waals surface area contributed by atoms with Crippen molar-refractivity contribution < 1.29 is 19.5 Å². The number of carbonyl (C=O) groups excluding carboxylic acids is 1. The predicted molar refractivity (Wildman–Crippen MR) is 137 cm³/mol. The topological polar surface area (TPSA) is 88.6 Å². The lowest BCUT2D eigenvalue weighted by Crippen LogP contribution is -2.29. The lowest BCUT2D eigenvalue weighted by Gasteiger charge is -2.30. The summed E-state index contributed by atoms with van der Waals surface area (Å²) in [5.41, 5.74) is 7.77. The third-order valence-corrected chi connectivity index (χ3v) is 6.95. The molecule has 184 valence electrons. The van der Waals surface area contributed by atoms with Gasteiger partial charge in [-0.2, -0.15) is 0 Å². The molecule has 7 heteroatoms. The number of rotatable bonds is 8. The highest BCUT2D eigenvalue weighted by Gasteiger charge is 2.29. The van der Waals surface area contributed by atoms with E-state index in [4.69, 9.17) is 5.21 Å². The number of para-hydroxylation sites is 1. The van der Waals surface area contributed by atoms with Crippen molar-refractivity contribution in [2.24, 2.45) is 0 Å². The van der Waals surface area contributed by atoms with E-state index in [1.807, 2.05) is 24.4 Å². The molecule has 0 radical (unpaired) electrons.